The summed E-state index contributed by atoms with van der Waals surface area (Å²) in [5.41, 5.74) is 0.823. The summed E-state index contributed by atoms with van der Waals surface area (Å²) in [6.07, 6.45) is 0. The van der Waals surface area contributed by atoms with Crippen LogP contribution in [0.25, 0.3) is 0 Å². The molecule has 1 aliphatic rings. The monoisotopic (exact) mass is 223 g/mol. The van der Waals surface area contributed by atoms with Gasteiger partial charge in [-0.15, -0.1) is 0 Å². The van der Waals surface area contributed by atoms with Crippen LogP contribution in [0.1, 0.15) is 0 Å². The Morgan fingerprint density at radius 2 is 2.13 bits per heavy atom. The highest BCUT2D eigenvalue weighted by Crippen LogP contribution is 2.20. The zero-order valence-electron chi connectivity index (χ0n) is 7.84. The lowest BCUT2D eigenvalue weighted by atomic mass is 10.3. The molecule has 78 valence electrons. The van der Waals surface area contributed by atoms with Crippen molar-refractivity contribution < 1.29 is 4.92 Å². The van der Waals surface area contributed by atoms with E-state index in [4.69, 9.17) is 0 Å². The Balaban J connectivity index is 2.16. The highest BCUT2D eigenvalue weighted by Gasteiger charge is 2.08. The molecule has 0 saturated carbocycles. The second kappa shape index (κ2) is 4.31. The molecule has 1 saturated heterocycles. The number of nitro groups is 1. The number of non-ortho nitro benzene ring substituents is 1. The maximum atomic E-state index is 10.4. The summed E-state index contributed by atoms with van der Waals surface area (Å²) in [7, 11) is 0. The molecule has 1 N–H and O–H groups in total. The highest BCUT2D eigenvalue weighted by atomic mass is 32.2. The third kappa shape index (κ3) is 2.47. The summed E-state index contributed by atoms with van der Waals surface area (Å²) in [6.45, 7) is 0.927. The van der Waals surface area contributed by atoms with E-state index in [-0.39, 0.29) is 5.69 Å². The van der Waals surface area contributed by atoms with Crippen LogP contribution in [0.15, 0.2) is 29.3 Å². The molecule has 0 atom stereocenters. The van der Waals surface area contributed by atoms with Crippen molar-refractivity contribution in [2.75, 3.05) is 12.3 Å². The summed E-state index contributed by atoms with van der Waals surface area (Å²) in [5.74, 6) is 1.02. The smallest absolute Gasteiger partial charge is 0.269 e. The maximum Gasteiger partial charge on any atom is 0.269 e. The van der Waals surface area contributed by atoms with E-state index in [9.17, 15) is 10.1 Å². The largest absolute Gasteiger partial charge is 0.364 e. The zero-order chi connectivity index (χ0) is 10.7. The van der Waals surface area contributed by atoms with Crippen molar-refractivity contribution in [1.29, 1.82) is 0 Å². The van der Waals surface area contributed by atoms with Gasteiger partial charge in [-0.1, -0.05) is 11.8 Å². The van der Waals surface area contributed by atoms with Crippen LogP contribution in [0.2, 0.25) is 0 Å². The van der Waals surface area contributed by atoms with Gasteiger partial charge in [0, 0.05) is 24.4 Å². The molecule has 5 nitrogen and oxygen atoms in total. The molecule has 1 fully saturated rings. The van der Waals surface area contributed by atoms with E-state index in [1.165, 1.54) is 12.1 Å². The number of hydrogen-bond acceptors (Lipinski definition) is 4. The fourth-order valence-electron chi connectivity index (χ4n) is 1.19. The summed E-state index contributed by atoms with van der Waals surface area (Å²) in [6, 6.07) is 6.20. The average molecular weight is 223 g/mol. The molecule has 0 bridgehead atoms. The number of benzene rings is 1. The van der Waals surface area contributed by atoms with Crippen LogP contribution in [0.5, 0.6) is 0 Å². The van der Waals surface area contributed by atoms with E-state index in [1.807, 2.05) is 0 Å². The SMILES string of the molecule is O=[N+]([O-])c1ccc(/N=C2/NCCS2)cc1. The van der Waals surface area contributed by atoms with Crippen LogP contribution in [0.3, 0.4) is 0 Å². The summed E-state index contributed by atoms with van der Waals surface area (Å²) < 4.78 is 0. The molecule has 0 radical (unpaired) electrons. The second-order valence-corrected chi connectivity index (χ2v) is 4.05. The van der Waals surface area contributed by atoms with Crippen LogP contribution in [-0.2, 0) is 0 Å². The van der Waals surface area contributed by atoms with Gasteiger partial charge in [-0.05, 0) is 12.1 Å². The lowest BCUT2D eigenvalue weighted by molar-refractivity contribution is -0.384. The third-order valence-corrected chi connectivity index (χ3v) is 2.83. The van der Waals surface area contributed by atoms with Crippen LogP contribution >= 0.6 is 11.8 Å². The average Bonchev–Trinajstić information content (AvgIpc) is 2.71. The predicted molar refractivity (Wildman–Crippen MR) is 60.7 cm³/mol. The van der Waals surface area contributed by atoms with Crippen LogP contribution in [0, 0.1) is 10.1 Å². The summed E-state index contributed by atoms with van der Waals surface area (Å²) >= 11 is 1.65. The molecule has 0 amide bonds. The first-order valence-electron chi connectivity index (χ1n) is 4.45. The van der Waals surface area contributed by atoms with E-state index in [2.05, 4.69) is 10.3 Å². The van der Waals surface area contributed by atoms with E-state index in [0.717, 1.165) is 23.2 Å². The molecule has 1 heterocycles. The topological polar surface area (TPSA) is 67.5 Å². The van der Waals surface area contributed by atoms with Gasteiger partial charge in [-0.25, -0.2) is 4.99 Å². The van der Waals surface area contributed by atoms with Crippen molar-refractivity contribution in [3.05, 3.63) is 34.4 Å². The first kappa shape index (κ1) is 9.97. The molecular weight excluding hydrogens is 214 g/mol. The minimum absolute atomic E-state index is 0.0889. The van der Waals surface area contributed by atoms with Gasteiger partial charge in [0.25, 0.3) is 5.69 Å². The van der Waals surface area contributed by atoms with Crippen LogP contribution in [-0.4, -0.2) is 22.4 Å². The lowest BCUT2D eigenvalue weighted by Gasteiger charge is -1.97. The number of thioether (sulfide) groups is 1. The van der Waals surface area contributed by atoms with Crippen molar-refractivity contribution in [2.45, 2.75) is 0 Å². The quantitative estimate of drug-likeness (QED) is 0.614. The number of rotatable bonds is 2. The highest BCUT2D eigenvalue weighted by molar-refractivity contribution is 8.14. The van der Waals surface area contributed by atoms with Gasteiger partial charge in [0.2, 0.25) is 0 Å². The molecule has 1 aliphatic heterocycles. The molecule has 1 aromatic rings. The fraction of sp³-hybridized carbons (Fsp3) is 0.222. The van der Waals surface area contributed by atoms with E-state index in [1.54, 1.807) is 23.9 Å². The van der Waals surface area contributed by atoms with Crippen molar-refractivity contribution in [1.82, 2.24) is 5.32 Å². The first-order chi connectivity index (χ1) is 7.25. The number of hydrogen-bond donors (Lipinski definition) is 1. The lowest BCUT2D eigenvalue weighted by Crippen LogP contribution is -2.12. The van der Waals surface area contributed by atoms with Gasteiger partial charge in [0.05, 0.1) is 10.6 Å². The minimum Gasteiger partial charge on any atom is -0.364 e. The Hall–Kier alpha value is -1.56. The van der Waals surface area contributed by atoms with Crippen LogP contribution in [0.4, 0.5) is 11.4 Å². The molecule has 0 aromatic heterocycles. The predicted octanol–water partition coefficient (Wildman–Crippen LogP) is 1.92. The van der Waals surface area contributed by atoms with E-state index in [0.29, 0.717) is 0 Å². The van der Waals surface area contributed by atoms with Crippen molar-refractivity contribution >= 4 is 28.3 Å². The summed E-state index contributed by atoms with van der Waals surface area (Å²) in [5, 5.41) is 14.4. The molecule has 2 rings (SSSR count). The molecular formula is C9H9N3O2S. The number of nitro benzene ring substituents is 1. The van der Waals surface area contributed by atoms with Gasteiger partial charge >= 0.3 is 0 Å². The van der Waals surface area contributed by atoms with Crippen molar-refractivity contribution in [3.63, 3.8) is 0 Å². The fourth-order valence-corrected chi connectivity index (χ4v) is 1.97. The maximum absolute atomic E-state index is 10.4. The Bertz CT molecular complexity index is 394. The Labute approximate surface area is 90.7 Å². The molecule has 0 unspecified atom stereocenters. The molecule has 0 spiro atoms. The molecule has 6 heteroatoms. The minimum atomic E-state index is -0.417. The van der Waals surface area contributed by atoms with E-state index < -0.39 is 4.92 Å². The summed E-state index contributed by atoms with van der Waals surface area (Å²) in [4.78, 5) is 14.3. The van der Waals surface area contributed by atoms with E-state index >= 15 is 0 Å². The number of amidine groups is 1. The standard InChI is InChI=1S/C9H9N3O2S/c13-12(14)8-3-1-7(2-4-8)11-9-10-5-6-15-9/h1-4H,5-6H2,(H,10,11). The molecule has 1 aromatic carbocycles. The van der Waals surface area contributed by atoms with Gasteiger partial charge < -0.3 is 5.32 Å². The number of nitrogens with one attached hydrogen (secondary N) is 1. The van der Waals surface area contributed by atoms with Crippen LogP contribution < -0.4 is 5.32 Å². The van der Waals surface area contributed by atoms with Gasteiger partial charge in [-0.3, -0.25) is 10.1 Å². The second-order valence-electron chi connectivity index (χ2n) is 2.97. The van der Waals surface area contributed by atoms with Gasteiger partial charge in [0.1, 0.15) is 0 Å². The van der Waals surface area contributed by atoms with Crippen molar-refractivity contribution in [2.24, 2.45) is 4.99 Å². The van der Waals surface area contributed by atoms with Crippen molar-refractivity contribution in [3.8, 4) is 0 Å². The normalized spacial score (nSPS) is 17.7. The number of aliphatic imine (C=N–C) groups is 1. The van der Waals surface area contributed by atoms with Gasteiger partial charge in [0.15, 0.2) is 5.17 Å². The Morgan fingerprint density at radius 3 is 2.67 bits per heavy atom. The van der Waals surface area contributed by atoms with Gasteiger partial charge in [-0.2, -0.15) is 0 Å². The zero-order valence-corrected chi connectivity index (χ0v) is 8.66. The Morgan fingerprint density at radius 1 is 1.40 bits per heavy atom. The Kier molecular flexibility index (Phi) is 2.86. The number of nitrogens with zero attached hydrogens (tertiary/aromatic N) is 2. The third-order valence-electron chi connectivity index (χ3n) is 1.91. The first-order valence-corrected chi connectivity index (χ1v) is 5.44. The molecule has 15 heavy (non-hydrogen) atoms. The molecule has 0 aliphatic carbocycles.